The molecule has 0 aliphatic rings. The molecule has 0 aliphatic carbocycles. The Bertz CT molecular complexity index is 548. The zero-order chi connectivity index (χ0) is 15.2. The molecule has 0 atom stereocenters. The highest BCUT2D eigenvalue weighted by Crippen LogP contribution is 2.12. The van der Waals surface area contributed by atoms with Gasteiger partial charge in [0.2, 0.25) is 0 Å². The van der Waals surface area contributed by atoms with E-state index in [9.17, 15) is 17.6 Å². The largest absolute Gasteiger partial charge is 0.481 e. The molecule has 0 saturated heterocycles. The van der Waals surface area contributed by atoms with E-state index < -0.39 is 21.6 Å². The van der Waals surface area contributed by atoms with Gasteiger partial charge in [0.1, 0.15) is 5.82 Å². The highest BCUT2D eigenvalue weighted by molar-refractivity contribution is 7.91. The quantitative estimate of drug-likeness (QED) is 0.731. The first-order valence-electron chi connectivity index (χ1n) is 6.20. The molecular formula is C13H19ClFNO4S. The number of aliphatic carboxylic acids is 1. The summed E-state index contributed by atoms with van der Waals surface area (Å²) in [4.78, 5) is 12.3. The fourth-order valence-corrected chi connectivity index (χ4v) is 2.98. The zero-order valence-electron chi connectivity index (χ0n) is 11.7. The number of carbonyl (C=O) groups is 1. The van der Waals surface area contributed by atoms with Gasteiger partial charge >= 0.3 is 5.97 Å². The van der Waals surface area contributed by atoms with Gasteiger partial charge in [-0.05, 0) is 44.3 Å². The SMILES string of the molecule is CN(CCCS(=O)(=O)c1ccc(F)cc1)CCC(=O)O.Cl. The van der Waals surface area contributed by atoms with Gasteiger partial charge in [-0.2, -0.15) is 0 Å². The van der Waals surface area contributed by atoms with E-state index in [1.54, 1.807) is 11.9 Å². The molecule has 120 valence electrons. The van der Waals surface area contributed by atoms with Crippen molar-refractivity contribution >= 4 is 28.2 Å². The topological polar surface area (TPSA) is 74.7 Å². The number of sulfone groups is 1. The van der Waals surface area contributed by atoms with Gasteiger partial charge in [0.25, 0.3) is 0 Å². The van der Waals surface area contributed by atoms with Crippen LogP contribution in [-0.2, 0) is 14.6 Å². The standard InChI is InChI=1S/C13H18FNO4S.ClH/c1-15(9-7-13(16)17)8-2-10-20(18,19)12-5-3-11(14)4-6-12;/h3-6H,2,7-10H2,1H3,(H,16,17);1H. The van der Waals surface area contributed by atoms with Crippen LogP contribution < -0.4 is 0 Å². The molecule has 0 aromatic heterocycles. The number of nitrogens with zero attached hydrogens (tertiary/aromatic N) is 1. The summed E-state index contributed by atoms with van der Waals surface area (Å²) in [5.74, 6) is -1.40. The molecule has 0 bridgehead atoms. The summed E-state index contributed by atoms with van der Waals surface area (Å²) in [6.45, 7) is 0.875. The molecule has 8 heteroatoms. The van der Waals surface area contributed by atoms with Crippen molar-refractivity contribution in [3.8, 4) is 0 Å². The third kappa shape index (κ3) is 7.40. The molecule has 5 nitrogen and oxygen atoms in total. The number of rotatable bonds is 8. The van der Waals surface area contributed by atoms with Gasteiger partial charge in [-0.25, -0.2) is 12.8 Å². The van der Waals surface area contributed by atoms with E-state index in [1.807, 2.05) is 0 Å². The Balaban J connectivity index is 0.00000400. The van der Waals surface area contributed by atoms with Crippen LogP contribution in [0.5, 0.6) is 0 Å². The van der Waals surface area contributed by atoms with Gasteiger partial charge in [0.05, 0.1) is 17.1 Å². The van der Waals surface area contributed by atoms with Gasteiger partial charge in [-0.3, -0.25) is 4.79 Å². The first kappa shape index (κ1) is 19.8. The summed E-state index contributed by atoms with van der Waals surface area (Å²) in [7, 11) is -1.67. The molecule has 0 amide bonds. The molecule has 1 aromatic rings. The molecule has 1 aromatic carbocycles. The number of hydrogen-bond donors (Lipinski definition) is 1. The molecule has 0 heterocycles. The number of carboxylic acids is 1. The van der Waals surface area contributed by atoms with E-state index in [4.69, 9.17) is 5.11 Å². The van der Waals surface area contributed by atoms with Crippen molar-refractivity contribution in [2.75, 3.05) is 25.9 Å². The molecule has 1 rings (SSSR count). The van der Waals surface area contributed by atoms with Crippen LogP contribution in [0.3, 0.4) is 0 Å². The van der Waals surface area contributed by atoms with Crippen molar-refractivity contribution in [3.63, 3.8) is 0 Å². The van der Waals surface area contributed by atoms with Gasteiger partial charge in [0, 0.05) is 6.54 Å². The predicted molar refractivity (Wildman–Crippen MR) is 80.1 cm³/mol. The maximum Gasteiger partial charge on any atom is 0.304 e. The van der Waals surface area contributed by atoms with E-state index in [1.165, 1.54) is 12.1 Å². The minimum atomic E-state index is -3.41. The van der Waals surface area contributed by atoms with Gasteiger partial charge < -0.3 is 10.0 Å². The monoisotopic (exact) mass is 339 g/mol. The first-order chi connectivity index (χ1) is 9.31. The van der Waals surface area contributed by atoms with E-state index in [2.05, 4.69) is 0 Å². The Labute approximate surface area is 130 Å². The zero-order valence-corrected chi connectivity index (χ0v) is 13.3. The number of carboxylic acid groups (broad SMARTS) is 1. The lowest BCUT2D eigenvalue weighted by Gasteiger charge is -2.15. The normalized spacial score (nSPS) is 11.2. The molecular weight excluding hydrogens is 321 g/mol. The van der Waals surface area contributed by atoms with Gasteiger partial charge in [-0.1, -0.05) is 0 Å². The van der Waals surface area contributed by atoms with Crippen molar-refractivity contribution in [2.45, 2.75) is 17.7 Å². The molecule has 1 N–H and O–H groups in total. The van der Waals surface area contributed by atoms with E-state index in [0.717, 1.165) is 12.1 Å². The minimum absolute atomic E-state index is 0. The minimum Gasteiger partial charge on any atom is -0.481 e. The van der Waals surface area contributed by atoms with Gasteiger partial charge in [0.15, 0.2) is 9.84 Å². The molecule has 0 radical (unpaired) electrons. The van der Waals surface area contributed by atoms with Crippen LogP contribution in [0.25, 0.3) is 0 Å². The average Bonchev–Trinajstić information content (AvgIpc) is 2.36. The molecule has 0 saturated carbocycles. The second kappa shape index (κ2) is 8.96. The van der Waals surface area contributed by atoms with Crippen molar-refractivity contribution in [1.29, 1.82) is 0 Å². The van der Waals surface area contributed by atoms with Crippen LogP contribution in [-0.4, -0.2) is 50.3 Å². The van der Waals surface area contributed by atoms with Crippen LogP contribution in [0.4, 0.5) is 4.39 Å². The lowest BCUT2D eigenvalue weighted by atomic mass is 10.3. The maximum absolute atomic E-state index is 12.7. The van der Waals surface area contributed by atoms with E-state index >= 15 is 0 Å². The number of benzene rings is 1. The number of halogens is 2. The molecule has 21 heavy (non-hydrogen) atoms. The Kier molecular flexibility index (Phi) is 8.46. The van der Waals surface area contributed by atoms with Crippen molar-refractivity contribution in [1.82, 2.24) is 4.90 Å². The first-order valence-corrected chi connectivity index (χ1v) is 7.85. The highest BCUT2D eigenvalue weighted by atomic mass is 35.5. The molecule has 0 spiro atoms. The van der Waals surface area contributed by atoms with E-state index in [-0.39, 0.29) is 29.5 Å². The Morgan fingerprint density at radius 2 is 1.81 bits per heavy atom. The third-order valence-corrected chi connectivity index (χ3v) is 4.65. The molecule has 0 fully saturated rings. The summed E-state index contributed by atoms with van der Waals surface area (Å²) >= 11 is 0. The summed E-state index contributed by atoms with van der Waals surface area (Å²) in [5, 5.41) is 8.53. The summed E-state index contributed by atoms with van der Waals surface area (Å²) in [6, 6.07) is 4.73. The smallest absolute Gasteiger partial charge is 0.304 e. The second-order valence-electron chi connectivity index (χ2n) is 4.57. The molecule has 0 aliphatic heterocycles. The lowest BCUT2D eigenvalue weighted by molar-refractivity contribution is -0.137. The maximum atomic E-state index is 12.7. The second-order valence-corrected chi connectivity index (χ2v) is 6.68. The highest BCUT2D eigenvalue weighted by Gasteiger charge is 2.14. The van der Waals surface area contributed by atoms with Crippen LogP contribution in [0.2, 0.25) is 0 Å². The fourth-order valence-electron chi connectivity index (χ4n) is 1.68. The van der Waals surface area contributed by atoms with E-state index in [0.29, 0.717) is 19.5 Å². The summed E-state index contributed by atoms with van der Waals surface area (Å²) in [6.07, 6.45) is 0.428. The number of hydrogen-bond acceptors (Lipinski definition) is 4. The lowest BCUT2D eigenvalue weighted by Crippen LogP contribution is -2.24. The summed E-state index contributed by atoms with van der Waals surface area (Å²) < 4.78 is 36.6. The Hall–Kier alpha value is -1.18. The van der Waals surface area contributed by atoms with Crippen molar-refractivity contribution in [2.24, 2.45) is 0 Å². The Morgan fingerprint density at radius 3 is 2.33 bits per heavy atom. The Morgan fingerprint density at radius 1 is 1.24 bits per heavy atom. The average molecular weight is 340 g/mol. The summed E-state index contributed by atoms with van der Waals surface area (Å²) in [5.41, 5.74) is 0. The van der Waals surface area contributed by atoms with Crippen LogP contribution >= 0.6 is 12.4 Å². The molecule has 0 unspecified atom stereocenters. The van der Waals surface area contributed by atoms with Crippen LogP contribution in [0.1, 0.15) is 12.8 Å². The van der Waals surface area contributed by atoms with Crippen molar-refractivity contribution < 1.29 is 22.7 Å². The van der Waals surface area contributed by atoms with Crippen molar-refractivity contribution in [3.05, 3.63) is 30.1 Å². The predicted octanol–water partition coefficient (Wildman–Crippen LogP) is 1.82. The third-order valence-electron chi connectivity index (χ3n) is 2.83. The van der Waals surface area contributed by atoms with Crippen LogP contribution in [0, 0.1) is 5.82 Å². The van der Waals surface area contributed by atoms with Gasteiger partial charge in [-0.15, -0.1) is 12.4 Å². The fraction of sp³-hybridized carbons (Fsp3) is 0.462. The van der Waals surface area contributed by atoms with Crippen LogP contribution in [0.15, 0.2) is 29.2 Å².